The van der Waals surface area contributed by atoms with Crippen LogP contribution < -0.4 is 5.73 Å². The lowest BCUT2D eigenvalue weighted by Gasteiger charge is -2.49. The van der Waals surface area contributed by atoms with Crippen molar-refractivity contribution in [1.29, 1.82) is 0 Å². The molecule has 1 aromatic heterocycles. The summed E-state index contributed by atoms with van der Waals surface area (Å²) >= 11 is 5.91. The first-order chi connectivity index (χ1) is 15.4. The van der Waals surface area contributed by atoms with Crippen molar-refractivity contribution in [3.05, 3.63) is 63.7 Å². The minimum absolute atomic E-state index is 0.0218. The van der Waals surface area contributed by atoms with Crippen molar-refractivity contribution in [2.45, 2.75) is 49.5 Å². The van der Waals surface area contributed by atoms with E-state index in [1.54, 1.807) is 19.9 Å². The number of pyridine rings is 1. The summed E-state index contributed by atoms with van der Waals surface area (Å²) < 4.78 is 45.4. The lowest BCUT2D eigenvalue weighted by Crippen LogP contribution is -2.66. The Kier molecular flexibility index (Phi) is 5.87. The number of amidine groups is 1. The van der Waals surface area contributed by atoms with Crippen LogP contribution in [-0.2, 0) is 26.5 Å². The largest absolute Gasteiger partial charge is 0.386 e. The number of aryl methyl sites for hydroxylation is 1. The Hall–Kier alpha value is -2.36. The molecule has 2 aromatic rings. The summed E-state index contributed by atoms with van der Waals surface area (Å²) in [4.78, 5) is 21.4. The Balaban J connectivity index is 1.67. The van der Waals surface area contributed by atoms with Gasteiger partial charge in [-0.25, -0.2) is 12.8 Å². The summed E-state index contributed by atoms with van der Waals surface area (Å²) in [7, 11) is -2.21. The number of hydrogen-bond donors (Lipinski definition) is 1. The Morgan fingerprint density at radius 3 is 2.64 bits per heavy atom. The molecule has 1 fully saturated rings. The quantitative estimate of drug-likeness (QED) is 0.640. The fourth-order valence-corrected chi connectivity index (χ4v) is 7.40. The molecule has 1 aromatic carbocycles. The Morgan fingerprint density at radius 2 is 2.03 bits per heavy atom. The molecule has 7 nitrogen and oxygen atoms in total. The second kappa shape index (κ2) is 8.14. The zero-order chi connectivity index (χ0) is 24.2. The minimum Gasteiger partial charge on any atom is -0.386 e. The van der Waals surface area contributed by atoms with E-state index >= 15 is 0 Å². The number of carbonyl (C=O) groups excluding carboxylic acids is 1. The van der Waals surface area contributed by atoms with Gasteiger partial charge in [0.2, 0.25) is 0 Å². The van der Waals surface area contributed by atoms with Crippen LogP contribution in [0.15, 0.2) is 35.5 Å². The van der Waals surface area contributed by atoms with Crippen LogP contribution in [0.5, 0.6) is 0 Å². The zero-order valence-corrected chi connectivity index (χ0v) is 20.1. The van der Waals surface area contributed by atoms with Crippen LogP contribution >= 0.6 is 11.6 Å². The van der Waals surface area contributed by atoms with E-state index in [1.165, 1.54) is 31.5 Å². The van der Waals surface area contributed by atoms with Gasteiger partial charge in [-0.2, -0.15) is 0 Å². The van der Waals surface area contributed by atoms with Gasteiger partial charge >= 0.3 is 0 Å². The lowest BCUT2D eigenvalue weighted by atomic mass is 9.79. The number of aromatic nitrogens is 1. The third kappa shape index (κ3) is 3.96. The van der Waals surface area contributed by atoms with Crippen LogP contribution in [0.1, 0.15) is 46.9 Å². The van der Waals surface area contributed by atoms with Gasteiger partial charge in [0.05, 0.1) is 16.9 Å². The van der Waals surface area contributed by atoms with Gasteiger partial charge in [-0.3, -0.25) is 14.8 Å². The molecule has 0 unspecified atom stereocenters. The molecule has 10 heteroatoms. The van der Waals surface area contributed by atoms with Gasteiger partial charge in [0.1, 0.15) is 27.6 Å². The minimum atomic E-state index is -3.73. The van der Waals surface area contributed by atoms with Crippen LogP contribution in [0.4, 0.5) is 4.39 Å². The number of methoxy groups -OCH3 is 1. The van der Waals surface area contributed by atoms with E-state index in [-0.39, 0.29) is 54.0 Å². The second-order valence-corrected chi connectivity index (χ2v) is 11.8. The predicted molar refractivity (Wildman–Crippen MR) is 124 cm³/mol. The number of sulfone groups is 1. The number of nitrogens with zero attached hydrogens (tertiary/aromatic N) is 2. The van der Waals surface area contributed by atoms with Gasteiger partial charge in [-0.15, -0.1) is 0 Å². The van der Waals surface area contributed by atoms with Crippen molar-refractivity contribution in [1.82, 2.24) is 4.98 Å². The van der Waals surface area contributed by atoms with E-state index in [9.17, 15) is 17.6 Å². The number of carbonyl (C=O) groups is 1. The van der Waals surface area contributed by atoms with Gasteiger partial charge < -0.3 is 10.5 Å². The third-order valence-corrected chi connectivity index (χ3v) is 9.52. The van der Waals surface area contributed by atoms with E-state index < -0.39 is 25.9 Å². The third-order valence-electron chi connectivity index (χ3n) is 6.63. The maximum absolute atomic E-state index is 14.9. The highest BCUT2D eigenvalue weighted by Crippen LogP contribution is 2.48. The molecule has 2 heterocycles. The highest BCUT2D eigenvalue weighted by atomic mass is 35.5. The summed E-state index contributed by atoms with van der Waals surface area (Å²) in [6.07, 6.45) is 1.63. The van der Waals surface area contributed by atoms with Gasteiger partial charge in [0.15, 0.2) is 15.6 Å². The van der Waals surface area contributed by atoms with Crippen molar-refractivity contribution < 1.29 is 22.3 Å². The molecule has 176 valence electrons. The zero-order valence-electron chi connectivity index (χ0n) is 18.6. The number of Topliss-reactive ketones (excluding diaryl/α,β-unsaturated/α-hetero) is 1. The van der Waals surface area contributed by atoms with E-state index in [0.717, 1.165) is 0 Å². The molecule has 1 aliphatic carbocycles. The molecule has 0 bridgehead atoms. The van der Waals surface area contributed by atoms with Crippen LogP contribution in [0.2, 0.25) is 5.02 Å². The number of benzene rings is 1. The second-order valence-electron chi connectivity index (χ2n) is 9.02. The highest BCUT2D eigenvalue weighted by Gasteiger charge is 2.61. The molecule has 1 atom stereocenters. The first kappa shape index (κ1) is 23.8. The number of halogens is 2. The average Bonchev–Trinajstić information content (AvgIpc) is 2.67. The molecule has 0 saturated heterocycles. The van der Waals surface area contributed by atoms with Gasteiger partial charge in [-0.1, -0.05) is 17.7 Å². The van der Waals surface area contributed by atoms with Crippen LogP contribution in [-0.4, -0.2) is 48.7 Å². The Labute approximate surface area is 197 Å². The highest BCUT2D eigenvalue weighted by molar-refractivity contribution is 7.93. The summed E-state index contributed by atoms with van der Waals surface area (Å²) in [5, 5.41) is 0.427. The molecule has 4 rings (SSSR count). The van der Waals surface area contributed by atoms with E-state index in [0.29, 0.717) is 16.1 Å². The Bertz CT molecular complexity index is 1270. The van der Waals surface area contributed by atoms with Crippen LogP contribution in [0.25, 0.3) is 0 Å². The topological polar surface area (TPSA) is 112 Å². The number of rotatable bonds is 5. The molecule has 2 aliphatic rings. The van der Waals surface area contributed by atoms with Gasteiger partial charge in [-0.05, 0) is 43.2 Å². The SMILES string of the molecule is COC1CC2(C1)C(N)=N[C@](C)(c1cc(CC(=O)c3ncc(Cl)cc3C)ccc1F)CS2(=O)=O. The molecule has 1 spiro atoms. The first-order valence-corrected chi connectivity index (χ1v) is 12.5. The van der Waals surface area contributed by atoms with Crippen LogP contribution in [0.3, 0.4) is 0 Å². The molecule has 0 radical (unpaired) electrons. The number of aliphatic imine (C=N–C) groups is 1. The summed E-state index contributed by atoms with van der Waals surface area (Å²) in [5.41, 5.74) is 6.27. The van der Waals surface area contributed by atoms with Crippen molar-refractivity contribution in [2.75, 3.05) is 12.9 Å². The number of nitrogens with two attached hydrogens (primary N) is 1. The van der Waals surface area contributed by atoms with E-state index in [1.807, 2.05) is 0 Å². The maximum Gasteiger partial charge on any atom is 0.185 e. The molecule has 1 saturated carbocycles. The smallest absolute Gasteiger partial charge is 0.185 e. The number of hydrogen-bond acceptors (Lipinski definition) is 7. The molecule has 33 heavy (non-hydrogen) atoms. The first-order valence-electron chi connectivity index (χ1n) is 10.5. The number of ketones is 1. The molecular formula is C23H25ClFN3O4S. The predicted octanol–water partition coefficient (Wildman–Crippen LogP) is 3.16. The van der Waals surface area contributed by atoms with Crippen molar-refractivity contribution in [3.8, 4) is 0 Å². The fourth-order valence-electron chi connectivity index (χ4n) is 4.71. The lowest BCUT2D eigenvalue weighted by molar-refractivity contribution is 0.0292. The van der Waals surface area contributed by atoms with Gasteiger partial charge in [0.25, 0.3) is 0 Å². The van der Waals surface area contributed by atoms with Crippen molar-refractivity contribution in [2.24, 2.45) is 10.7 Å². The average molecular weight is 494 g/mol. The van der Waals surface area contributed by atoms with Crippen molar-refractivity contribution in [3.63, 3.8) is 0 Å². The van der Waals surface area contributed by atoms with Crippen molar-refractivity contribution >= 4 is 33.1 Å². The fraction of sp³-hybridized carbons (Fsp3) is 0.435. The number of ether oxygens (including phenoxy) is 1. The molecular weight excluding hydrogens is 469 g/mol. The van der Waals surface area contributed by atoms with E-state index in [4.69, 9.17) is 22.1 Å². The van der Waals surface area contributed by atoms with Gasteiger partial charge in [0, 0.05) is 38.1 Å². The summed E-state index contributed by atoms with van der Waals surface area (Å²) in [5.74, 6) is -1.28. The van der Waals surface area contributed by atoms with E-state index in [2.05, 4.69) is 9.98 Å². The molecule has 1 aliphatic heterocycles. The Morgan fingerprint density at radius 1 is 1.33 bits per heavy atom. The molecule has 2 N–H and O–H groups in total. The summed E-state index contributed by atoms with van der Waals surface area (Å²) in [6, 6.07) is 5.85. The standard InChI is InChI=1S/C23H25ClFN3O4S/c1-13-6-15(24)11-27-20(13)19(29)8-14-4-5-18(25)17(7-14)22(2)12-33(30,31)23(21(26)28-22)9-16(10-23)32-3/h4-7,11,16H,8-10,12H2,1-3H3,(H2,26,28)/t16?,22-,23?/m0/s1. The maximum atomic E-state index is 14.9. The molecule has 0 amide bonds. The normalized spacial score (nSPS) is 28.3. The van der Waals surface area contributed by atoms with Crippen LogP contribution in [0, 0.1) is 12.7 Å². The summed E-state index contributed by atoms with van der Waals surface area (Å²) in [6.45, 7) is 3.28. The monoisotopic (exact) mass is 493 g/mol.